The number of carbonyl (C=O) groups excluding carboxylic acids is 2. The van der Waals surface area contributed by atoms with Crippen molar-refractivity contribution >= 4 is 17.6 Å². The summed E-state index contributed by atoms with van der Waals surface area (Å²) in [4.78, 5) is 31.5. The van der Waals surface area contributed by atoms with Gasteiger partial charge in [0, 0.05) is 52.0 Å². The summed E-state index contributed by atoms with van der Waals surface area (Å²) in [6, 6.07) is 0. The number of piperazine rings is 1. The minimum Gasteiger partial charge on any atom is -0.340 e. The van der Waals surface area contributed by atoms with Gasteiger partial charge in [0.05, 0.1) is 0 Å². The van der Waals surface area contributed by atoms with Crippen molar-refractivity contribution in [3.63, 3.8) is 0 Å². The molecule has 0 spiro atoms. The average Bonchev–Trinajstić information content (AvgIpc) is 2.37. The second kappa shape index (κ2) is 5.95. The molecule has 18 heavy (non-hydrogen) atoms. The lowest BCUT2D eigenvalue weighted by Gasteiger charge is -2.32. The fraction of sp³-hybridized carbons (Fsp3) is 0.750. The third-order valence-electron chi connectivity index (χ3n) is 3.36. The van der Waals surface area contributed by atoms with Crippen molar-refractivity contribution in [1.82, 2.24) is 15.1 Å². The maximum absolute atomic E-state index is 12.0. The van der Waals surface area contributed by atoms with Crippen LogP contribution in [0.5, 0.6) is 0 Å². The first-order chi connectivity index (χ1) is 8.65. The van der Waals surface area contributed by atoms with E-state index in [0.29, 0.717) is 31.6 Å². The molecule has 0 atom stereocenters. The zero-order chi connectivity index (χ0) is 13.0. The lowest BCUT2D eigenvalue weighted by Crippen LogP contribution is -2.47. The first-order valence-corrected chi connectivity index (χ1v) is 6.44. The van der Waals surface area contributed by atoms with Crippen LogP contribution in [0, 0.1) is 0 Å². The molecule has 1 saturated heterocycles. The van der Waals surface area contributed by atoms with Gasteiger partial charge in [-0.1, -0.05) is 0 Å². The number of aliphatic imine (C=N–C) groups is 1. The van der Waals surface area contributed by atoms with Crippen LogP contribution in [0.2, 0.25) is 0 Å². The number of rotatable bonds is 3. The van der Waals surface area contributed by atoms with Gasteiger partial charge in [-0.25, -0.2) is 0 Å². The lowest BCUT2D eigenvalue weighted by molar-refractivity contribution is -0.132. The molecular formula is C12H20N4O2. The van der Waals surface area contributed by atoms with Crippen LogP contribution in [0.4, 0.5) is 0 Å². The van der Waals surface area contributed by atoms with E-state index in [-0.39, 0.29) is 11.8 Å². The molecule has 100 valence electrons. The summed E-state index contributed by atoms with van der Waals surface area (Å²) >= 11 is 0. The first kappa shape index (κ1) is 13.0. The Morgan fingerprint density at radius 3 is 2.72 bits per heavy atom. The van der Waals surface area contributed by atoms with E-state index < -0.39 is 0 Å². The number of hydrogen-bond acceptors (Lipinski definition) is 4. The van der Waals surface area contributed by atoms with Crippen molar-refractivity contribution < 1.29 is 9.59 Å². The molecule has 1 N–H and O–H groups in total. The van der Waals surface area contributed by atoms with Crippen LogP contribution in [0.15, 0.2) is 4.99 Å². The molecule has 2 amide bonds. The van der Waals surface area contributed by atoms with Crippen LogP contribution in [-0.2, 0) is 9.59 Å². The van der Waals surface area contributed by atoms with Gasteiger partial charge in [0.25, 0.3) is 0 Å². The Kier molecular flexibility index (Phi) is 4.30. The van der Waals surface area contributed by atoms with Gasteiger partial charge in [0.15, 0.2) is 0 Å². The molecule has 0 aromatic carbocycles. The standard InChI is InChI=1S/C12H20N4O2/c1-15-6-8-16(9-7-15)12(18)3-2-10-13-5-4-11(17)14-10/h2-9H2,1H3,(H,13,14,17). The fourth-order valence-electron chi connectivity index (χ4n) is 2.14. The number of amides is 2. The SMILES string of the molecule is CN1CCN(C(=O)CCC2=NCCC(=O)N2)CC1. The van der Waals surface area contributed by atoms with Crippen molar-refractivity contribution in [3.8, 4) is 0 Å². The third kappa shape index (κ3) is 3.53. The second-order valence-electron chi connectivity index (χ2n) is 4.81. The van der Waals surface area contributed by atoms with Crippen LogP contribution in [0.3, 0.4) is 0 Å². The minimum atomic E-state index is 0.00652. The van der Waals surface area contributed by atoms with Gasteiger partial charge in [-0.05, 0) is 7.05 Å². The summed E-state index contributed by atoms with van der Waals surface area (Å²) in [5, 5.41) is 2.71. The number of carbonyl (C=O) groups is 2. The maximum atomic E-state index is 12.0. The van der Waals surface area contributed by atoms with Gasteiger partial charge in [-0.2, -0.15) is 0 Å². The molecule has 0 bridgehead atoms. The Labute approximate surface area is 107 Å². The van der Waals surface area contributed by atoms with E-state index in [1.165, 1.54) is 0 Å². The molecule has 2 aliphatic rings. The highest BCUT2D eigenvalue weighted by molar-refractivity contribution is 6.00. The van der Waals surface area contributed by atoms with Gasteiger partial charge >= 0.3 is 0 Å². The van der Waals surface area contributed by atoms with Crippen LogP contribution >= 0.6 is 0 Å². The van der Waals surface area contributed by atoms with Gasteiger partial charge in [0.1, 0.15) is 5.84 Å². The average molecular weight is 252 g/mol. The van der Waals surface area contributed by atoms with Gasteiger partial charge in [-0.15, -0.1) is 0 Å². The van der Waals surface area contributed by atoms with Crippen molar-refractivity contribution in [2.45, 2.75) is 19.3 Å². The summed E-state index contributed by atoms with van der Waals surface area (Å²) in [6.07, 6.45) is 1.43. The highest BCUT2D eigenvalue weighted by Crippen LogP contribution is 2.05. The molecule has 0 aliphatic carbocycles. The number of nitrogens with one attached hydrogen (secondary N) is 1. The topological polar surface area (TPSA) is 65.0 Å². The maximum Gasteiger partial charge on any atom is 0.227 e. The molecule has 0 saturated carbocycles. The Morgan fingerprint density at radius 2 is 2.06 bits per heavy atom. The second-order valence-corrected chi connectivity index (χ2v) is 4.81. The zero-order valence-corrected chi connectivity index (χ0v) is 10.8. The highest BCUT2D eigenvalue weighted by Gasteiger charge is 2.20. The lowest BCUT2D eigenvalue weighted by atomic mass is 10.2. The summed E-state index contributed by atoms with van der Waals surface area (Å²) in [6.45, 7) is 4.01. The van der Waals surface area contributed by atoms with E-state index in [9.17, 15) is 9.59 Å². The number of hydrogen-bond donors (Lipinski definition) is 1. The quantitative estimate of drug-likeness (QED) is 0.733. The van der Waals surface area contributed by atoms with Gasteiger partial charge < -0.3 is 15.1 Å². The largest absolute Gasteiger partial charge is 0.340 e. The molecule has 2 heterocycles. The fourth-order valence-corrected chi connectivity index (χ4v) is 2.14. The normalized spacial score (nSPS) is 21.5. The van der Waals surface area contributed by atoms with Gasteiger partial charge in [-0.3, -0.25) is 14.6 Å². The molecule has 6 nitrogen and oxygen atoms in total. The van der Waals surface area contributed by atoms with E-state index in [4.69, 9.17) is 0 Å². The Morgan fingerprint density at radius 1 is 1.33 bits per heavy atom. The Bertz CT molecular complexity index is 359. The van der Waals surface area contributed by atoms with Crippen molar-refractivity contribution in [3.05, 3.63) is 0 Å². The van der Waals surface area contributed by atoms with E-state index in [1.807, 2.05) is 4.90 Å². The Hall–Kier alpha value is -1.43. The van der Waals surface area contributed by atoms with Crippen LogP contribution in [0.1, 0.15) is 19.3 Å². The van der Waals surface area contributed by atoms with E-state index >= 15 is 0 Å². The van der Waals surface area contributed by atoms with Crippen molar-refractivity contribution in [2.75, 3.05) is 39.8 Å². The molecule has 0 unspecified atom stereocenters. The van der Waals surface area contributed by atoms with Crippen LogP contribution in [0.25, 0.3) is 0 Å². The van der Waals surface area contributed by atoms with Crippen LogP contribution < -0.4 is 5.32 Å². The van der Waals surface area contributed by atoms with Gasteiger partial charge in [0.2, 0.25) is 11.8 Å². The van der Waals surface area contributed by atoms with Crippen LogP contribution in [-0.4, -0.2) is 67.2 Å². The summed E-state index contributed by atoms with van der Waals surface area (Å²) in [5.41, 5.74) is 0. The molecule has 0 aromatic heterocycles. The summed E-state index contributed by atoms with van der Waals surface area (Å²) in [7, 11) is 2.06. The smallest absolute Gasteiger partial charge is 0.227 e. The molecule has 0 aromatic rings. The zero-order valence-electron chi connectivity index (χ0n) is 10.8. The predicted molar refractivity (Wildman–Crippen MR) is 68.4 cm³/mol. The number of nitrogens with zero attached hydrogens (tertiary/aromatic N) is 3. The summed E-state index contributed by atoms with van der Waals surface area (Å²) < 4.78 is 0. The molecule has 2 aliphatic heterocycles. The highest BCUT2D eigenvalue weighted by atomic mass is 16.2. The van der Waals surface area contributed by atoms with E-state index in [2.05, 4.69) is 22.3 Å². The number of likely N-dealkylation sites (N-methyl/N-ethyl adjacent to an activating group) is 1. The first-order valence-electron chi connectivity index (χ1n) is 6.44. The number of amidine groups is 1. The molecule has 2 rings (SSSR count). The van der Waals surface area contributed by atoms with Crippen molar-refractivity contribution in [1.29, 1.82) is 0 Å². The predicted octanol–water partition coefficient (Wildman–Crippen LogP) is -0.541. The summed E-state index contributed by atoms with van der Waals surface area (Å²) in [5.74, 6) is 0.825. The molecule has 1 fully saturated rings. The third-order valence-corrected chi connectivity index (χ3v) is 3.36. The monoisotopic (exact) mass is 252 g/mol. The minimum absolute atomic E-state index is 0.00652. The van der Waals surface area contributed by atoms with E-state index in [1.54, 1.807) is 0 Å². The van der Waals surface area contributed by atoms with E-state index in [0.717, 1.165) is 26.2 Å². The van der Waals surface area contributed by atoms with Crippen molar-refractivity contribution in [2.24, 2.45) is 4.99 Å². The Balaban J connectivity index is 1.74. The molecule has 6 heteroatoms. The molecule has 0 radical (unpaired) electrons. The molecular weight excluding hydrogens is 232 g/mol.